The van der Waals surface area contributed by atoms with Crippen molar-refractivity contribution in [2.45, 2.75) is 24.6 Å². The first-order valence-corrected chi connectivity index (χ1v) is 5.69. The van der Waals surface area contributed by atoms with E-state index in [4.69, 9.17) is 16.7 Å². The van der Waals surface area contributed by atoms with Crippen LogP contribution in [0.5, 0.6) is 0 Å². The van der Waals surface area contributed by atoms with Gasteiger partial charge in [-0.25, -0.2) is 0 Å². The zero-order valence-corrected chi connectivity index (χ0v) is 8.91. The third kappa shape index (κ3) is 2.04. The van der Waals surface area contributed by atoms with E-state index in [-0.39, 0.29) is 0 Å². The zero-order valence-electron chi connectivity index (χ0n) is 8.16. The van der Waals surface area contributed by atoms with Crippen LogP contribution < -0.4 is 0 Å². The first-order valence-electron chi connectivity index (χ1n) is 5.26. The summed E-state index contributed by atoms with van der Waals surface area (Å²) in [6.45, 7) is 2.62. The van der Waals surface area contributed by atoms with E-state index in [0.717, 1.165) is 24.9 Å². The summed E-state index contributed by atoms with van der Waals surface area (Å²) in [7, 11) is 0. The van der Waals surface area contributed by atoms with Crippen molar-refractivity contribution in [3.05, 3.63) is 0 Å². The van der Waals surface area contributed by atoms with Crippen LogP contribution in [0.15, 0.2) is 0 Å². The summed E-state index contributed by atoms with van der Waals surface area (Å²) >= 11 is 5.71. The van der Waals surface area contributed by atoms with Crippen molar-refractivity contribution in [3.63, 3.8) is 0 Å². The molecular formula is C10H16ClNO2. The molecule has 14 heavy (non-hydrogen) atoms. The highest BCUT2D eigenvalue weighted by atomic mass is 35.5. The van der Waals surface area contributed by atoms with E-state index in [1.807, 2.05) is 0 Å². The summed E-state index contributed by atoms with van der Waals surface area (Å²) in [6.07, 6.45) is 3.99. The molecule has 1 heterocycles. The first-order chi connectivity index (χ1) is 6.66. The lowest BCUT2D eigenvalue weighted by Crippen LogP contribution is -2.32. The van der Waals surface area contributed by atoms with Gasteiger partial charge >= 0.3 is 5.97 Å². The number of nitrogens with zero attached hydrogens (tertiary/aromatic N) is 1. The van der Waals surface area contributed by atoms with Gasteiger partial charge in [-0.05, 0) is 24.7 Å². The average molecular weight is 218 g/mol. The van der Waals surface area contributed by atoms with Crippen LogP contribution in [-0.2, 0) is 4.79 Å². The summed E-state index contributed by atoms with van der Waals surface area (Å²) in [4.78, 5) is 12.8. The summed E-state index contributed by atoms with van der Waals surface area (Å²) < 4.78 is 0. The molecule has 4 heteroatoms. The molecule has 0 spiro atoms. The van der Waals surface area contributed by atoms with Crippen molar-refractivity contribution in [2.24, 2.45) is 11.8 Å². The Kier molecular flexibility index (Phi) is 2.98. The number of halogens is 1. The summed E-state index contributed by atoms with van der Waals surface area (Å²) in [5.41, 5.74) is 0. The number of rotatable bonds is 3. The molecule has 0 aromatic carbocycles. The topological polar surface area (TPSA) is 40.5 Å². The number of alkyl halides is 1. The molecule has 1 aliphatic heterocycles. The van der Waals surface area contributed by atoms with Gasteiger partial charge in [-0.1, -0.05) is 6.42 Å². The third-order valence-electron chi connectivity index (χ3n) is 3.49. The van der Waals surface area contributed by atoms with Crippen LogP contribution >= 0.6 is 11.6 Å². The molecular weight excluding hydrogens is 202 g/mol. The highest BCUT2D eigenvalue weighted by Crippen LogP contribution is 2.37. The predicted octanol–water partition coefficient (Wildman–Crippen LogP) is 1.41. The Bertz CT molecular complexity index is 222. The molecule has 1 N–H and O–H groups in total. The van der Waals surface area contributed by atoms with Crippen LogP contribution in [0.4, 0.5) is 0 Å². The summed E-state index contributed by atoms with van der Waals surface area (Å²) in [5.74, 6) is 0.726. The maximum Gasteiger partial charge on any atom is 0.322 e. The SMILES string of the molecule is O=C(O)C(Cl)CN1CC2CCCC2C1. The number of hydrogen-bond donors (Lipinski definition) is 1. The van der Waals surface area contributed by atoms with Gasteiger partial charge in [0.05, 0.1) is 0 Å². The van der Waals surface area contributed by atoms with Crippen LogP contribution in [0.3, 0.4) is 0 Å². The standard InChI is InChI=1S/C10H16ClNO2/c11-9(10(13)14)6-12-4-7-2-1-3-8(7)5-12/h7-9H,1-6H2,(H,13,14). The number of carboxylic acid groups (broad SMARTS) is 1. The fraction of sp³-hybridized carbons (Fsp3) is 0.900. The van der Waals surface area contributed by atoms with Gasteiger partial charge in [-0.2, -0.15) is 0 Å². The highest BCUT2D eigenvalue weighted by molar-refractivity contribution is 6.29. The lowest BCUT2D eigenvalue weighted by Gasteiger charge is -2.17. The molecule has 0 bridgehead atoms. The normalized spacial score (nSPS) is 34.4. The largest absolute Gasteiger partial charge is 0.480 e. The number of carboxylic acids is 1. The number of aliphatic carboxylic acids is 1. The molecule has 0 aromatic rings. The van der Waals surface area contributed by atoms with Crippen LogP contribution in [-0.4, -0.2) is 41.0 Å². The van der Waals surface area contributed by atoms with E-state index < -0.39 is 11.3 Å². The van der Waals surface area contributed by atoms with E-state index in [2.05, 4.69) is 4.90 Å². The second-order valence-corrected chi connectivity index (χ2v) is 5.00. The van der Waals surface area contributed by atoms with Crippen LogP contribution in [0.2, 0.25) is 0 Å². The van der Waals surface area contributed by atoms with Gasteiger partial charge < -0.3 is 10.0 Å². The van der Waals surface area contributed by atoms with E-state index in [1.54, 1.807) is 0 Å². The molecule has 80 valence electrons. The minimum Gasteiger partial charge on any atom is -0.480 e. The smallest absolute Gasteiger partial charge is 0.322 e. The fourth-order valence-corrected chi connectivity index (χ4v) is 2.98. The predicted molar refractivity (Wildman–Crippen MR) is 54.5 cm³/mol. The summed E-state index contributed by atoms with van der Waals surface area (Å²) in [5, 5.41) is 7.94. The Morgan fingerprint density at radius 1 is 1.43 bits per heavy atom. The minimum atomic E-state index is -0.899. The number of carbonyl (C=O) groups is 1. The maximum atomic E-state index is 10.6. The second kappa shape index (κ2) is 4.07. The lowest BCUT2D eigenvalue weighted by molar-refractivity contribution is -0.136. The van der Waals surface area contributed by atoms with Crippen molar-refractivity contribution in [3.8, 4) is 0 Å². The van der Waals surface area contributed by atoms with Gasteiger partial charge in [-0.3, -0.25) is 4.79 Å². The maximum absolute atomic E-state index is 10.6. The number of fused-ring (bicyclic) bond motifs is 1. The van der Waals surface area contributed by atoms with Crippen molar-refractivity contribution >= 4 is 17.6 Å². The molecule has 0 amide bonds. The first kappa shape index (κ1) is 10.2. The van der Waals surface area contributed by atoms with Crippen molar-refractivity contribution in [2.75, 3.05) is 19.6 Å². The van der Waals surface area contributed by atoms with E-state index in [9.17, 15) is 4.79 Å². The Balaban J connectivity index is 1.81. The van der Waals surface area contributed by atoms with Crippen LogP contribution in [0.1, 0.15) is 19.3 Å². The summed E-state index contributed by atoms with van der Waals surface area (Å²) in [6, 6.07) is 0. The van der Waals surface area contributed by atoms with Gasteiger partial charge in [0.25, 0.3) is 0 Å². The van der Waals surface area contributed by atoms with Crippen LogP contribution in [0, 0.1) is 11.8 Å². The molecule has 0 aromatic heterocycles. The molecule has 1 aliphatic carbocycles. The van der Waals surface area contributed by atoms with Crippen molar-refractivity contribution in [1.29, 1.82) is 0 Å². The van der Waals surface area contributed by atoms with Crippen molar-refractivity contribution in [1.82, 2.24) is 4.90 Å². The fourth-order valence-electron chi connectivity index (χ4n) is 2.79. The van der Waals surface area contributed by atoms with Gasteiger partial charge in [-0.15, -0.1) is 11.6 Å². The van der Waals surface area contributed by atoms with Crippen LogP contribution in [0.25, 0.3) is 0 Å². The molecule has 3 unspecified atom stereocenters. The lowest BCUT2D eigenvalue weighted by atomic mass is 10.0. The highest BCUT2D eigenvalue weighted by Gasteiger charge is 2.36. The number of hydrogen-bond acceptors (Lipinski definition) is 2. The van der Waals surface area contributed by atoms with Crippen molar-refractivity contribution < 1.29 is 9.90 Å². The van der Waals surface area contributed by atoms with Gasteiger partial charge in [0.2, 0.25) is 0 Å². The van der Waals surface area contributed by atoms with Gasteiger partial charge in [0, 0.05) is 19.6 Å². The molecule has 1 saturated carbocycles. The Hall–Kier alpha value is -0.280. The molecule has 0 radical (unpaired) electrons. The monoisotopic (exact) mass is 217 g/mol. The molecule has 1 saturated heterocycles. The zero-order chi connectivity index (χ0) is 10.1. The Labute approximate surface area is 89.0 Å². The molecule has 2 aliphatic rings. The van der Waals surface area contributed by atoms with Gasteiger partial charge in [0.15, 0.2) is 0 Å². The molecule has 3 atom stereocenters. The number of likely N-dealkylation sites (tertiary alicyclic amines) is 1. The minimum absolute atomic E-state index is 0.504. The van der Waals surface area contributed by atoms with Gasteiger partial charge in [0.1, 0.15) is 5.38 Å². The third-order valence-corrected chi connectivity index (χ3v) is 3.81. The molecule has 2 rings (SSSR count). The van der Waals surface area contributed by atoms with E-state index >= 15 is 0 Å². The molecule has 2 fully saturated rings. The average Bonchev–Trinajstić information content (AvgIpc) is 2.63. The van der Waals surface area contributed by atoms with E-state index in [1.165, 1.54) is 19.3 Å². The molecule has 3 nitrogen and oxygen atoms in total. The Morgan fingerprint density at radius 2 is 2.00 bits per heavy atom. The Morgan fingerprint density at radius 3 is 2.50 bits per heavy atom. The second-order valence-electron chi connectivity index (χ2n) is 4.48. The quantitative estimate of drug-likeness (QED) is 0.727. The van der Waals surface area contributed by atoms with E-state index in [0.29, 0.717) is 6.54 Å².